The summed E-state index contributed by atoms with van der Waals surface area (Å²) in [5.74, 6) is -67.7. The summed E-state index contributed by atoms with van der Waals surface area (Å²) in [6.07, 6.45) is -14.4. The molecule has 20 heteroatoms. The first kappa shape index (κ1) is 30.6. The first-order chi connectivity index (χ1) is 13.5. The Kier molecular flexibility index (Phi) is 7.23. The second-order valence-corrected chi connectivity index (χ2v) is 6.02. The monoisotopic (exact) mass is 530 g/mol. The van der Waals surface area contributed by atoms with E-state index in [1.165, 1.54) is 0 Å². The van der Waals surface area contributed by atoms with Crippen LogP contribution in [0.3, 0.4) is 0 Å². The normalized spacial score (nSPS) is 17.5. The zero-order valence-electron chi connectivity index (χ0n) is 14.3. The van der Waals surface area contributed by atoms with Crippen molar-refractivity contribution in [1.29, 1.82) is 0 Å². The van der Waals surface area contributed by atoms with Gasteiger partial charge in [-0.3, -0.25) is 0 Å². The molecule has 194 valence electrons. The molecule has 0 rings (SSSR count). The fourth-order valence-electron chi connectivity index (χ4n) is 1.83. The predicted octanol–water partition coefficient (Wildman–Crippen LogP) is 7.38. The van der Waals surface area contributed by atoms with E-state index in [4.69, 9.17) is 0 Å². The molecule has 0 fully saturated rings. The van der Waals surface area contributed by atoms with Gasteiger partial charge >= 0.3 is 53.6 Å². The quantitative estimate of drug-likeness (QED) is 0.273. The summed E-state index contributed by atoms with van der Waals surface area (Å²) in [6.45, 7) is 0.174. The van der Waals surface area contributed by atoms with Crippen molar-refractivity contribution < 1.29 is 87.8 Å². The van der Waals surface area contributed by atoms with Gasteiger partial charge in [-0.1, -0.05) is 6.92 Å². The third-order valence-corrected chi connectivity index (χ3v) is 3.89. The Morgan fingerprint density at radius 2 is 0.625 bits per heavy atom. The lowest BCUT2D eigenvalue weighted by molar-refractivity contribution is -0.470. The largest absolute Gasteiger partial charge is 0.460 e. The van der Waals surface area contributed by atoms with Crippen LogP contribution in [-0.4, -0.2) is 59.7 Å². The van der Waals surface area contributed by atoms with Crippen molar-refractivity contribution in [2.45, 2.75) is 73.1 Å². The van der Waals surface area contributed by atoms with Crippen LogP contribution in [0.4, 0.5) is 87.8 Å². The summed E-state index contributed by atoms with van der Waals surface area (Å²) in [4.78, 5) is 0. The molecule has 0 nitrogen and oxygen atoms in total. The number of hydrogen-bond donors (Lipinski definition) is 0. The third-order valence-electron chi connectivity index (χ3n) is 3.89. The van der Waals surface area contributed by atoms with Crippen LogP contribution in [0.15, 0.2) is 0 Å². The van der Waals surface area contributed by atoms with Crippen LogP contribution in [0, 0.1) is 0 Å². The Hall–Kier alpha value is -1.40. The van der Waals surface area contributed by atoms with Gasteiger partial charge in [-0.2, -0.15) is 83.4 Å². The van der Waals surface area contributed by atoms with Crippen molar-refractivity contribution in [3.05, 3.63) is 0 Å². The average Bonchev–Trinajstić information content (AvgIpc) is 2.58. The van der Waals surface area contributed by atoms with Crippen LogP contribution in [0.2, 0.25) is 0 Å². The van der Waals surface area contributed by atoms with Crippen molar-refractivity contribution in [2.24, 2.45) is 0 Å². The molecule has 0 aliphatic heterocycles. The first-order valence-electron chi connectivity index (χ1n) is 7.21. The molecule has 0 aliphatic rings. The maximum absolute atomic E-state index is 13.3. The summed E-state index contributed by atoms with van der Waals surface area (Å²) in [6, 6.07) is 0. The Labute approximate surface area is 162 Å². The van der Waals surface area contributed by atoms with E-state index >= 15 is 0 Å². The highest BCUT2D eigenvalue weighted by atomic mass is 19.4. The molecule has 0 bridgehead atoms. The average molecular weight is 530 g/mol. The predicted molar refractivity (Wildman–Crippen MR) is 60.8 cm³/mol. The number of halogens is 20. The number of alkyl halides is 20. The zero-order chi connectivity index (χ0) is 26.8. The topological polar surface area (TPSA) is 0 Å². The Morgan fingerprint density at radius 1 is 0.406 bits per heavy atom. The lowest BCUT2D eigenvalue weighted by atomic mass is 9.86. The highest BCUT2D eigenvalue weighted by molar-refractivity contribution is 5.17. The van der Waals surface area contributed by atoms with Crippen molar-refractivity contribution >= 4 is 0 Å². The van der Waals surface area contributed by atoms with Crippen LogP contribution in [-0.2, 0) is 0 Å². The number of rotatable bonds is 9. The maximum atomic E-state index is 13.3. The fourth-order valence-corrected chi connectivity index (χ4v) is 1.83. The molecule has 0 saturated heterocycles. The summed E-state index contributed by atoms with van der Waals surface area (Å²) in [5, 5.41) is 0. The van der Waals surface area contributed by atoms with Gasteiger partial charge in [-0.25, -0.2) is 4.39 Å². The molecule has 0 aromatic heterocycles. The molecule has 0 radical (unpaired) electrons. The van der Waals surface area contributed by atoms with E-state index in [1.807, 2.05) is 0 Å². The second-order valence-electron chi connectivity index (χ2n) is 6.02. The summed E-state index contributed by atoms with van der Waals surface area (Å²) >= 11 is 0. The molecule has 1 atom stereocenters. The van der Waals surface area contributed by atoms with Crippen LogP contribution >= 0.6 is 0 Å². The Balaban J connectivity index is 6.92. The van der Waals surface area contributed by atoms with Crippen molar-refractivity contribution in [1.82, 2.24) is 0 Å². The minimum Gasteiger partial charge on any atom is -0.241 e. The fraction of sp³-hybridized carbons (Fsp3) is 1.00. The van der Waals surface area contributed by atoms with Gasteiger partial charge in [-0.15, -0.1) is 0 Å². The van der Waals surface area contributed by atoms with Gasteiger partial charge in [0, 0.05) is 0 Å². The van der Waals surface area contributed by atoms with Gasteiger partial charge in [0.05, 0.1) is 0 Å². The van der Waals surface area contributed by atoms with E-state index in [-0.39, 0.29) is 6.92 Å². The molecule has 0 amide bonds. The minimum atomic E-state index is -8.99. The molecular formula is C12H6F20. The smallest absolute Gasteiger partial charge is 0.241 e. The van der Waals surface area contributed by atoms with Crippen molar-refractivity contribution in [3.63, 3.8) is 0 Å². The van der Waals surface area contributed by atoms with E-state index in [1.54, 1.807) is 0 Å². The summed E-state index contributed by atoms with van der Waals surface area (Å²) < 4.78 is 258. The van der Waals surface area contributed by atoms with Gasteiger partial charge in [0.15, 0.2) is 6.17 Å². The lowest BCUT2D eigenvalue weighted by Crippen LogP contribution is -2.76. The molecule has 0 heterocycles. The molecule has 1 unspecified atom stereocenters. The highest BCUT2D eigenvalue weighted by Crippen LogP contribution is 2.65. The Bertz CT molecular complexity index is 669. The third kappa shape index (κ3) is 3.53. The molecular weight excluding hydrogens is 524 g/mol. The molecule has 0 N–H and O–H groups in total. The first-order valence-corrected chi connectivity index (χ1v) is 7.21. The van der Waals surface area contributed by atoms with Crippen molar-refractivity contribution in [3.8, 4) is 0 Å². The Morgan fingerprint density at radius 3 is 0.844 bits per heavy atom. The van der Waals surface area contributed by atoms with Gasteiger partial charge < -0.3 is 0 Å². The molecule has 0 aliphatic carbocycles. The SMILES string of the molecule is CCC(F)C(F)(F)C(F)(F)C(F)(F)C(F)(F)C(F)(F)C(F)(F)C(F)(F)C(F)(F)C(F)(F)F. The summed E-state index contributed by atoms with van der Waals surface area (Å²) in [5.41, 5.74) is 0. The molecule has 0 aromatic carbocycles. The van der Waals surface area contributed by atoms with Gasteiger partial charge in [0.1, 0.15) is 0 Å². The zero-order valence-corrected chi connectivity index (χ0v) is 14.3. The maximum Gasteiger partial charge on any atom is 0.460 e. The lowest BCUT2D eigenvalue weighted by Gasteiger charge is -2.44. The number of hydrogen-bond acceptors (Lipinski definition) is 0. The van der Waals surface area contributed by atoms with Gasteiger partial charge in [0.2, 0.25) is 0 Å². The molecule has 0 aromatic rings. The van der Waals surface area contributed by atoms with E-state index in [9.17, 15) is 87.8 Å². The van der Waals surface area contributed by atoms with Crippen LogP contribution in [0.1, 0.15) is 13.3 Å². The van der Waals surface area contributed by atoms with Crippen molar-refractivity contribution in [2.75, 3.05) is 0 Å². The molecule has 0 spiro atoms. The highest BCUT2D eigenvalue weighted by Gasteiger charge is 2.96. The second kappa shape index (κ2) is 7.56. The van der Waals surface area contributed by atoms with E-state index in [2.05, 4.69) is 0 Å². The van der Waals surface area contributed by atoms with E-state index in [0.717, 1.165) is 0 Å². The minimum absolute atomic E-state index is 0.174. The summed E-state index contributed by atoms with van der Waals surface area (Å²) in [7, 11) is 0. The van der Waals surface area contributed by atoms with Gasteiger partial charge in [0.25, 0.3) is 0 Å². The van der Waals surface area contributed by atoms with Crippen LogP contribution < -0.4 is 0 Å². The van der Waals surface area contributed by atoms with Gasteiger partial charge in [-0.05, 0) is 6.42 Å². The van der Waals surface area contributed by atoms with Crippen LogP contribution in [0.5, 0.6) is 0 Å². The van der Waals surface area contributed by atoms with E-state index < -0.39 is 66.1 Å². The standard InChI is InChI=1S/C12H6F20/c1-2-3(13)4(14,15)5(16,17)6(18,19)7(20,21)8(22,23)9(24,25)10(26,27)11(28,29)12(30,31)32/h3H,2H2,1H3. The molecule has 32 heavy (non-hydrogen) atoms. The van der Waals surface area contributed by atoms with Crippen LogP contribution in [0.25, 0.3) is 0 Å². The van der Waals surface area contributed by atoms with E-state index in [0.29, 0.717) is 0 Å². The molecule has 0 saturated carbocycles.